The third-order valence-corrected chi connectivity index (χ3v) is 4.04. The summed E-state index contributed by atoms with van der Waals surface area (Å²) in [5.74, 6) is 0. The summed E-state index contributed by atoms with van der Waals surface area (Å²) in [7, 11) is 0. The number of aliphatic hydroxyl groups is 1. The van der Waals surface area contributed by atoms with E-state index >= 15 is 0 Å². The fourth-order valence-electron chi connectivity index (χ4n) is 2.80. The summed E-state index contributed by atoms with van der Waals surface area (Å²) in [6, 6.07) is 8.88. The van der Waals surface area contributed by atoms with Crippen molar-refractivity contribution in [2.75, 3.05) is 0 Å². The Kier molecular flexibility index (Phi) is 2.63. The van der Waals surface area contributed by atoms with E-state index in [4.69, 9.17) is 0 Å². The molecule has 1 aliphatic rings. The van der Waals surface area contributed by atoms with Crippen LogP contribution in [0.15, 0.2) is 43.0 Å². The molecule has 4 heteroatoms. The van der Waals surface area contributed by atoms with Crippen LogP contribution in [-0.2, 0) is 13.2 Å². The van der Waals surface area contributed by atoms with Gasteiger partial charge in [-0.05, 0) is 42.0 Å². The predicted molar refractivity (Wildman–Crippen MR) is 77.5 cm³/mol. The zero-order valence-electron chi connectivity index (χ0n) is 11.2. The van der Waals surface area contributed by atoms with E-state index in [0.717, 1.165) is 12.1 Å². The normalized spacial score (nSPS) is 15.1. The molecule has 3 aromatic rings. The number of fused-ring (bicyclic) bond motifs is 1. The van der Waals surface area contributed by atoms with Gasteiger partial charge in [0.05, 0.1) is 25.2 Å². The van der Waals surface area contributed by atoms with Gasteiger partial charge < -0.3 is 14.2 Å². The number of nitrogens with zero attached hydrogens (tertiary/aromatic N) is 3. The number of aromatic nitrogens is 3. The van der Waals surface area contributed by atoms with E-state index in [2.05, 4.69) is 32.4 Å². The molecule has 0 radical (unpaired) electrons. The van der Waals surface area contributed by atoms with Gasteiger partial charge in [0, 0.05) is 24.0 Å². The summed E-state index contributed by atoms with van der Waals surface area (Å²) in [5, 5.41) is 10.4. The lowest BCUT2D eigenvalue weighted by Gasteiger charge is -2.09. The molecular weight excluding hydrogens is 250 g/mol. The van der Waals surface area contributed by atoms with E-state index in [-0.39, 0.29) is 6.61 Å². The van der Waals surface area contributed by atoms with Crippen molar-refractivity contribution in [3.05, 3.63) is 54.2 Å². The first-order valence-electron chi connectivity index (χ1n) is 7.04. The van der Waals surface area contributed by atoms with Crippen LogP contribution in [0.4, 0.5) is 0 Å². The van der Waals surface area contributed by atoms with Crippen LogP contribution in [0.2, 0.25) is 0 Å². The molecule has 20 heavy (non-hydrogen) atoms. The van der Waals surface area contributed by atoms with Crippen molar-refractivity contribution in [2.24, 2.45) is 0 Å². The molecule has 0 spiro atoms. The van der Waals surface area contributed by atoms with Crippen LogP contribution in [-0.4, -0.2) is 19.2 Å². The maximum absolute atomic E-state index is 9.20. The minimum Gasteiger partial charge on any atom is -0.392 e. The smallest absolute Gasteiger partial charge is 0.0951 e. The number of hydrogen-bond donors (Lipinski definition) is 1. The highest BCUT2D eigenvalue weighted by molar-refractivity contribution is 5.80. The van der Waals surface area contributed by atoms with E-state index in [1.54, 1.807) is 0 Å². The number of rotatable bonds is 4. The Bertz CT molecular complexity index is 752. The van der Waals surface area contributed by atoms with Gasteiger partial charge in [0.25, 0.3) is 0 Å². The van der Waals surface area contributed by atoms with Crippen molar-refractivity contribution < 1.29 is 5.11 Å². The van der Waals surface area contributed by atoms with Crippen LogP contribution < -0.4 is 0 Å². The third-order valence-electron chi connectivity index (χ3n) is 4.04. The average Bonchev–Trinajstić information content (AvgIpc) is 3.09. The van der Waals surface area contributed by atoms with Gasteiger partial charge in [0.1, 0.15) is 0 Å². The zero-order valence-corrected chi connectivity index (χ0v) is 11.2. The van der Waals surface area contributed by atoms with Crippen LogP contribution in [0.1, 0.15) is 30.1 Å². The second-order valence-electron chi connectivity index (χ2n) is 5.52. The van der Waals surface area contributed by atoms with Crippen molar-refractivity contribution >= 4 is 10.9 Å². The van der Waals surface area contributed by atoms with Gasteiger partial charge in [-0.3, -0.25) is 0 Å². The Balaban J connectivity index is 1.69. The first kappa shape index (κ1) is 11.7. The van der Waals surface area contributed by atoms with Crippen molar-refractivity contribution in [3.8, 4) is 0 Å². The summed E-state index contributed by atoms with van der Waals surface area (Å²) in [6.45, 7) is 0.939. The van der Waals surface area contributed by atoms with Crippen LogP contribution in [0.3, 0.4) is 0 Å². The maximum Gasteiger partial charge on any atom is 0.0951 e. The number of benzene rings is 1. The van der Waals surface area contributed by atoms with E-state index in [1.165, 1.54) is 29.4 Å². The highest BCUT2D eigenvalue weighted by Gasteiger charge is 2.25. The molecule has 0 amide bonds. The van der Waals surface area contributed by atoms with Gasteiger partial charge in [-0.15, -0.1) is 0 Å². The molecule has 4 rings (SSSR count). The van der Waals surface area contributed by atoms with Gasteiger partial charge in [0.2, 0.25) is 0 Å². The lowest BCUT2D eigenvalue weighted by Crippen LogP contribution is -2.05. The molecule has 1 fully saturated rings. The number of imidazole rings is 1. The molecule has 0 aliphatic heterocycles. The first-order chi connectivity index (χ1) is 9.85. The van der Waals surface area contributed by atoms with Crippen LogP contribution in [0, 0.1) is 0 Å². The quantitative estimate of drug-likeness (QED) is 0.789. The Morgan fingerprint density at radius 3 is 2.95 bits per heavy atom. The molecule has 1 saturated carbocycles. The van der Waals surface area contributed by atoms with Crippen LogP contribution in [0.25, 0.3) is 10.9 Å². The molecule has 4 nitrogen and oxygen atoms in total. The lowest BCUT2D eigenvalue weighted by molar-refractivity contribution is 0.282. The molecule has 1 N–H and O–H groups in total. The Labute approximate surface area is 117 Å². The molecule has 1 aromatic carbocycles. The summed E-state index contributed by atoms with van der Waals surface area (Å²) >= 11 is 0. The lowest BCUT2D eigenvalue weighted by atomic mass is 10.2. The number of aliphatic hydroxyl groups excluding tert-OH is 1. The molecule has 0 bridgehead atoms. The van der Waals surface area contributed by atoms with Gasteiger partial charge in [-0.2, -0.15) is 0 Å². The first-order valence-corrected chi connectivity index (χ1v) is 7.04. The molecule has 2 heterocycles. The fraction of sp³-hybridized carbons (Fsp3) is 0.312. The highest BCUT2D eigenvalue weighted by Crippen LogP contribution is 2.35. The van der Waals surface area contributed by atoms with Gasteiger partial charge in [0.15, 0.2) is 0 Å². The standard InChI is InChI=1S/C16H17N3O/c20-10-12-1-4-16-13(7-12)5-6-18(16)9-15-8-17-11-19(15)14-2-3-14/h1,4-8,11,14,20H,2-3,9-10H2. The SMILES string of the molecule is OCc1ccc2c(ccn2Cc2cncn2C2CC2)c1. The second-order valence-corrected chi connectivity index (χ2v) is 5.52. The number of hydrogen-bond acceptors (Lipinski definition) is 2. The molecule has 0 unspecified atom stereocenters. The molecular formula is C16H17N3O. The zero-order chi connectivity index (χ0) is 13.5. The van der Waals surface area contributed by atoms with Crippen LogP contribution in [0.5, 0.6) is 0 Å². The third kappa shape index (κ3) is 1.93. The monoisotopic (exact) mass is 267 g/mol. The van der Waals surface area contributed by atoms with Crippen molar-refractivity contribution in [1.82, 2.24) is 14.1 Å². The van der Waals surface area contributed by atoms with E-state index in [0.29, 0.717) is 6.04 Å². The van der Waals surface area contributed by atoms with E-state index < -0.39 is 0 Å². The van der Waals surface area contributed by atoms with Crippen molar-refractivity contribution in [3.63, 3.8) is 0 Å². The van der Waals surface area contributed by atoms with Gasteiger partial charge >= 0.3 is 0 Å². The van der Waals surface area contributed by atoms with E-state index in [9.17, 15) is 5.11 Å². The second kappa shape index (κ2) is 4.49. The highest BCUT2D eigenvalue weighted by atomic mass is 16.3. The fourth-order valence-corrected chi connectivity index (χ4v) is 2.80. The van der Waals surface area contributed by atoms with Crippen molar-refractivity contribution in [2.45, 2.75) is 32.0 Å². The summed E-state index contributed by atoms with van der Waals surface area (Å²) in [4.78, 5) is 4.29. The summed E-state index contributed by atoms with van der Waals surface area (Å²) in [6.07, 6.45) is 8.57. The van der Waals surface area contributed by atoms with Gasteiger partial charge in [-0.25, -0.2) is 4.98 Å². The Hall–Kier alpha value is -2.07. The topological polar surface area (TPSA) is 43.0 Å². The van der Waals surface area contributed by atoms with Gasteiger partial charge in [-0.1, -0.05) is 6.07 Å². The summed E-state index contributed by atoms with van der Waals surface area (Å²) in [5.41, 5.74) is 3.42. The molecule has 102 valence electrons. The Morgan fingerprint density at radius 1 is 1.25 bits per heavy atom. The molecule has 0 saturated heterocycles. The molecule has 0 atom stereocenters. The van der Waals surface area contributed by atoms with Crippen LogP contribution >= 0.6 is 0 Å². The van der Waals surface area contributed by atoms with Crippen molar-refractivity contribution in [1.29, 1.82) is 0 Å². The minimum absolute atomic E-state index is 0.0928. The summed E-state index contributed by atoms with van der Waals surface area (Å²) < 4.78 is 4.54. The molecule has 1 aliphatic carbocycles. The average molecular weight is 267 g/mol. The maximum atomic E-state index is 9.20. The minimum atomic E-state index is 0.0928. The van der Waals surface area contributed by atoms with E-state index in [1.807, 2.05) is 24.7 Å². The molecule has 2 aromatic heterocycles. The predicted octanol–water partition coefficient (Wildman–Crippen LogP) is 2.71. The Morgan fingerprint density at radius 2 is 2.15 bits per heavy atom. The largest absolute Gasteiger partial charge is 0.392 e.